The number of nitrogens with one attached hydrogen (secondary N) is 1. The molecule has 0 bridgehead atoms. The van der Waals surface area contributed by atoms with Gasteiger partial charge in [-0.3, -0.25) is 19.9 Å². The first-order valence-electron chi connectivity index (χ1n) is 9.63. The first-order chi connectivity index (χ1) is 14.0. The van der Waals surface area contributed by atoms with Crippen LogP contribution < -0.4 is 10.3 Å². The number of Topliss-reactive ketones (excluding diaryl/α,β-unsaturated/α-hetero) is 1. The van der Waals surface area contributed by atoms with Crippen molar-refractivity contribution < 1.29 is 14.0 Å². The molecule has 2 aromatic carbocycles. The van der Waals surface area contributed by atoms with Gasteiger partial charge in [-0.25, -0.2) is 9.40 Å². The Morgan fingerprint density at radius 1 is 1.00 bits per heavy atom. The Bertz CT molecular complexity index is 931. The number of amides is 1. The SMILES string of the molecule is O=C1C(=O)N(CCN2CCN(NCc3ccccc3F)CC2)c2ccc(Cl)cc21. The van der Waals surface area contributed by atoms with Gasteiger partial charge in [-0.1, -0.05) is 29.8 Å². The van der Waals surface area contributed by atoms with Gasteiger partial charge in [0.2, 0.25) is 0 Å². The minimum Gasteiger partial charge on any atom is -0.303 e. The Kier molecular flexibility index (Phi) is 5.91. The largest absolute Gasteiger partial charge is 0.303 e. The van der Waals surface area contributed by atoms with Gasteiger partial charge in [0.05, 0.1) is 11.3 Å². The number of carbonyl (C=O) groups is 2. The van der Waals surface area contributed by atoms with Gasteiger partial charge in [0.15, 0.2) is 0 Å². The average Bonchev–Trinajstić information content (AvgIpc) is 2.96. The van der Waals surface area contributed by atoms with Crippen LogP contribution in [-0.4, -0.2) is 60.9 Å². The average molecular weight is 417 g/mol. The summed E-state index contributed by atoms with van der Waals surface area (Å²) in [6.45, 7) is 4.85. The van der Waals surface area contributed by atoms with E-state index < -0.39 is 11.7 Å². The van der Waals surface area contributed by atoms with Crippen LogP contribution in [0.1, 0.15) is 15.9 Å². The summed E-state index contributed by atoms with van der Waals surface area (Å²) in [5, 5.41) is 2.54. The second-order valence-corrected chi connectivity index (χ2v) is 7.64. The molecule has 1 fully saturated rings. The molecule has 4 rings (SSSR count). The van der Waals surface area contributed by atoms with Crippen LogP contribution in [0.15, 0.2) is 42.5 Å². The van der Waals surface area contributed by atoms with Crippen molar-refractivity contribution in [2.75, 3.05) is 44.2 Å². The summed E-state index contributed by atoms with van der Waals surface area (Å²) in [7, 11) is 0. The van der Waals surface area contributed by atoms with Crippen LogP contribution in [-0.2, 0) is 11.3 Å². The Hall–Kier alpha value is -2.32. The van der Waals surface area contributed by atoms with Crippen LogP contribution in [0.2, 0.25) is 5.02 Å². The predicted molar refractivity (Wildman–Crippen MR) is 109 cm³/mol. The molecule has 2 aliphatic heterocycles. The van der Waals surface area contributed by atoms with Crippen molar-refractivity contribution in [3.8, 4) is 0 Å². The van der Waals surface area contributed by atoms with Crippen molar-refractivity contribution >= 4 is 29.0 Å². The number of anilines is 1. The van der Waals surface area contributed by atoms with Crippen molar-refractivity contribution in [2.45, 2.75) is 6.54 Å². The second-order valence-electron chi connectivity index (χ2n) is 7.20. The van der Waals surface area contributed by atoms with Crippen LogP contribution in [0.3, 0.4) is 0 Å². The van der Waals surface area contributed by atoms with E-state index in [0.717, 1.165) is 26.2 Å². The number of halogens is 2. The van der Waals surface area contributed by atoms with Crippen LogP contribution in [0.4, 0.5) is 10.1 Å². The normalized spacial score (nSPS) is 17.8. The van der Waals surface area contributed by atoms with Crippen molar-refractivity contribution in [3.05, 3.63) is 64.4 Å². The van der Waals surface area contributed by atoms with Gasteiger partial charge in [0, 0.05) is 56.4 Å². The number of fused-ring (bicyclic) bond motifs is 1. The minimum absolute atomic E-state index is 0.204. The fourth-order valence-electron chi connectivity index (χ4n) is 3.70. The zero-order valence-electron chi connectivity index (χ0n) is 15.9. The maximum atomic E-state index is 13.7. The summed E-state index contributed by atoms with van der Waals surface area (Å²) in [6.07, 6.45) is 0. The molecule has 1 N–H and O–H groups in total. The number of hydrogen-bond acceptors (Lipinski definition) is 5. The lowest BCUT2D eigenvalue weighted by Gasteiger charge is -2.35. The molecule has 29 heavy (non-hydrogen) atoms. The monoisotopic (exact) mass is 416 g/mol. The van der Waals surface area contributed by atoms with Crippen LogP contribution in [0.5, 0.6) is 0 Å². The van der Waals surface area contributed by atoms with E-state index in [1.54, 1.807) is 30.3 Å². The third kappa shape index (κ3) is 4.33. The molecule has 0 spiro atoms. The minimum atomic E-state index is -0.496. The molecule has 1 saturated heterocycles. The number of hydrogen-bond donors (Lipinski definition) is 1. The second kappa shape index (κ2) is 8.59. The molecule has 2 aliphatic rings. The van der Waals surface area contributed by atoms with Gasteiger partial charge in [-0.15, -0.1) is 0 Å². The van der Waals surface area contributed by atoms with E-state index in [-0.39, 0.29) is 5.82 Å². The van der Waals surface area contributed by atoms with Crippen LogP contribution in [0, 0.1) is 5.82 Å². The van der Waals surface area contributed by atoms with Crippen LogP contribution in [0.25, 0.3) is 0 Å². The van der Waals surface area contributed by atoms with E-state index in [2.05, 4.69) is 15.3 Å². The van der Waals surface area contributed by atoms with E-state index >= 15 is 0 Å². The van der Waals surface area contributed by atoms with E-state index in [4.69, 9.17) is 11.6 Å². The summed E-state index contributed by atoms with van der Waals surface area (Å²) in [4.78, 5) is 28.3. The first kappa shape index (κ1) is 20.0. The third-order valence-corrected chi connectivity index (χ3v) is 5.63. The standard InChI is InChI=1S/C21H22ClFN4O2/c22-16-5-6-19-17(13-16)20(28)21(29)27(19)12-9-25-7-10-26(11-8-25)24-14-15-3-1-2-4-18(15)23/h1-6,13,24H,7-12,14H2. The summed E-state index contributed by atoms with van der Waals surface area (Å²) >= 11 is 5.95. The van der Waals surface area contributed by atoms with E-state index in [0.29, 0.717) is 41.5 Å². The summed E-state index contributed by atoms with van der Waals surface area (Å²) in [5.41, 5.74) is 4.93. The molecule has 0 unspecified atom stereocenters. The van der Waals surface area contributed by atoms with E-state index in [1.165, 1.54) is 11.0 Å². The summed E-state index contributed by atoms with van der Waals surface area (Å²) in [5.74, 6) is -1.19. The van der Waals surface area contributed by atoms with Crippen molar-refractivity contribution in [2.24, 2.45) is 0 Å². The number of nitrogens with zero attached hydrogens (tertiary/aromatic N) is 3. The van der Waals surface area contributed by atoms with E-state index in [1.807, 2.05) is 6.07 Å². The van der Waals surface area contributed by atoms with Crippen molar-refractivity contribution in [1.29, 1.82) is 0 Å². The highest BCUT2D eigenvalue weighted by Crippen LogP contribution is 2.31. The quantitative estimate of drug-likeness (QED) is 0.732. The zero-order valence-corrected chi connectivity index (χ0v) is 16.7. The molecule has 152 valence electrons. The topological polar surface area (TPSA) is 55.9 Å². The lowest BCUT2D eigenvalue weighted by molar-refractivity contribution is -0.114. The molecule has 0 aliphatic carbocycles. The first-order valence-corrected chi connectivity index (χ1v) is 10.0. The summed E-state index contributed by atoms with van der Waals surface area (Å²) in [6, 6.07) is 11.7. The molecule has 0 aromatic heterocycles. The molecular weight excluding hydrogens is 395 g/mol. The third-order valence-electron chi connectivity index (χ3n) is 5.40. The molecule has 0 radical (unpaired) electrons. The number of hydrazine groups is 1. The predicted octanol–water partition coefficient (Wildman–Crippen LogP) is 2.33. The number of piperazine rings is 1. The van der Waals surface area contributed by atoms with Gasteiger partial charge < -0.3 is 4.90 Å². The molecule has 6 nitrogen and oxygen atoms in total. The molecule has 2 heterocycles. The summed E-state index contributed by atoms with van der Waals surface area (Å²) < 4.78 is 13.7. The fourth-order valence-corrected chi connectivity index (χ4v) is 3.88. The Labute approximate surface area is 173 Å². The lowest BCUT2D eigenvalue weighted by atomic mass is 10.1. The zero-order chi connectivity index (χ0) is 20.4. The highest BCUT2D eigenvalue weighted by Gasteiger charge is 2.35. The highest BCUT2D eigenvalue weighted by atomic mass is 35.5. The van der Waals surface area contributed by atoms with Crippen molar-refractivity contribution in [3.63, 3.8) is 0 Å². The Balaban J connectivity index is 1.26. The Morgan fingerprint density at radius 2 is 1.76 bits per heavy atom. The van der Waals surface area contributed by atoms with Gasteiger partial charge in [-0.05, 0) is 24.3 Å². The number of ketones is 1. The van der Waals surface area contributed by atoms with Gasteiger partial charge >= 0.3 is 0 Å². The number of rotatable bonds is 6. The smallest absolute Gasteiger partial charge is 0.299 e. The molecule has 0 atom stereocenters. The van der Waals surface area contributed by atoms with Gasteiger partial charge in [0.1, 0.15) is 5.82 Å². The highest BCUT2D eigenvalue weighted by molar-refractivity contribution is 6.52. The molecule has 8 heteroatoms. The van der Waals surface area contributed by atoms with Gasteiger partial charge in [0.25, 0.3) is 11.7 Å². The molecular formula is C21H22ClFN4O2. The van der Waals surface area contributed by atoms with Crippen LogP contribution >= 0.6 is 11.6 Å². The molecule has 0 saturated carbocycles. The number of carbonyl (C=O) groups excluding carboxylic acids is 2. The lowest BCUT2D eigenvalue weighted by Crippen LogP contribution is -2.53. The number of benzene rings is 2. The van der Waals surface area contributed by atoms with Gasteiger partial charge in [-0.2, -0.15) is 0 Å². The molecule has 2 aromatic rings. The Morgan fingerprint density at radius 3 is 2.52 bits per heavy atom. The maximum absolute atomic E-state index is 13.7. The molecule has 1 amide bonds. The van der Waals surface area contributed by atoms with E-state index in [9.17, 15) is 14.0 Å². The fraction of sp³-hybridized carbons (Fsp3) is 0.333. The maximum Gasteiger partial charge on any atom is 0.299 e. The van der Waals surface area contributed by atoms with Crippen molar-refractivity contribution in [1.82, 2.24) is 15.3 Å².